The van der Waals surface area contributed by atoms with E-state index in [1.807, 2.05) is 12.1 Å². The molecule has 1 aromatic carbocycles. The molecule has 0 saturated heterocycles. The predicted octanol–water partition coefficient (Wildman–Crippen LogP) is 4.94. The van der Waals surface area contributed by atoms with Crippen molar-refractivity contribution in [1.29, 1.82) is 0 Å². The summed E-state index contributed by atoms with van der Waals surface area (Å²) in [6.45, 7) is 3.56. The van der Waals surface area contributed by atoms with E-state index < -0.39 is 12.8 Å². The van der Waals surface area contributed by atoms with Gasteiger partial charge in [-0.25, -0.2) is 4.98 Å². The predicted molar refractivity (Wildman–Crippen MR) is 123 cm³/mol. The third kappa shape index (κ3) is 3.77. The van der Waals surface area contributed by atoms with E-state index >= 15 is 0 Å². The molecule has 0 saturated carbocycles. The molecule has 0 fully saturated rings. The molecule has 0 aliphatic carbocycles. The molecule has 0 bridgehead atoms. The number of rotatable bonds is 7. The molecule has 0 unspecified atom stereocenters. The topological polar surface area (TPSA) is 125 Å². The van der Waals surface area contributed by atoms with Crippen LogP contribution in [-0.4, -0.2) is 20.7 Å². The van der Waals surface area contributed by atoms with Gasteiger partial charge in [-0.05, 0) is 48.7 Å². The molecule has 1 aliphatic heterocycles. The number of carbonyl (C=O) groups excluding carboxylic acids is 1. The lowest BCUT2D eigenvalue weighted by Gasteiger charge is -2.33. The SMILES string of the molecule is CCC(CC)(c1ccc(NC=C2C(=O)Nc3ncc(-c4ccco4)cc32)cc1)P(=O)(O)O. The quantitative estimate of drug-likeness (QED) is 0.295. The van der Waals surface area contributed by atoms with Crippen molar-refractivity contribution in [3.05, 3.63) is 72.3 Å². The molecular formula is C23H24N3O5P. The summed E-state index contributed by atoms with van der Waals surface area (Å²) in [7, 11) is -4.35. The number of hydrogen-bond donors (Lipinski definition) is 4. The van der Waals surface area contributed by atoms with Gasteiger partial charge in [0.25, 0.3) is 5.91 Å². The summed E-state index contributed by atoms with van der Waals surface area (Å²) in [5.74, 6) is 0.861. The van der Waals surface area contributed by atoms with Gasteiger partial charge < -0.3 is 24.8 Å². The van der Waals surface area contributed by atoms with E-state index in [0.29, 0.717) is 46.8 Å². The van der Waals surface area contributed by atoms with Gasteiger partial charge in [0, 0.05) is 29.2 Å². The van der Waals surface area contributed by atoms with Crippen LogP contribution in [0.2, 0.25) is 0 Å². The maximum Gasteiger partial charge on any atom is 0.335 e. The highest BCUT2D eigenvalue weighted by Crippen LogP contribution is 2.60. The Bertz CT molecular complexity index is 1210. The Hall–Kier alpha value is -3.19. The Labute approximate surface area is 185 Å². The van der Waals surface area contributed by atoms with Crippen molar-refractivity contribution in [3.8, 4) is 11.3 Å². The number of anilines is 2. The van der Waals surface area contributed by atoms with Crippen LogP contribution in [0.25, 0.3) is 16.9 Å². The molecule has 3 aromatic rings. The van der Waals surface area contributed by atoms with Gasteiger partial charge in [-0.1, -0.05) is 26.0 Å². The highest BCUT2D eigenvalue weighted by Gasteiger charge is 2.45. The summed E-state index contributed by atoms with van der Waals surface area (Å²) in [4.78, 5) is 36.7. The van der Waals surface area contributed by atoms with Crippen LogP contribution in [0.15, 0.2) is 65.5 Å². The van der Waals surface area contributed by atoms with Crippen LogP contribution >= 0.6 is 7.60 Å². The fraction of sp³-hybridized carbons (Fsp3) is 0.217. The van der Waals surface area contributed by atoms with E-state index in [2.05, 4.69) is 15.6 Å². The summed E-state index contributed by atoms with van der Waals surface area (Å²) in [5.41, 5.74) is 3.12. The third-order valence-electron chi connectivity index (χ3n) is 5.99. The molecule has 3 heterocycles. The van der Waals surface area contributed by atoms with Crippen molar-refractivity contribution < 1.29 is 23.6 Å². The van der Waals surface area contributed by atoms with Crippen LogP contribution in [0.5, 0.6) is 0 Å². The number of hydrogen-bond acceptors (Lipinski definition) is 5. The van der Waals surface area contributed by atoms with Crippen molar-refractivity contribution in [1.82, 2.24) is 4.98 Å². The van der Waals surface area contributed by atoms with E-state index in [4.69, 9.17) is 4.42 Å². The lowest BCUT2D eigenvalue weighted by molar-refractivity contribution is -0.110. The maximum absolute atomic E-state index is 12.5. The smallest absolute Gasteiger partial charge is 0.335 e. The largest absolute Gasteiger partial charge is 0.464 e. The Morgan fingerprint density at radius 3 is 2.50 bits per heavy atom. The molecule has 1 amide bonds. The number of fused-ring (bicyclic) bond motifs is 1. The molecule has 4 rings (SSSR count). The van der Waals surface area contributed by atoms with Gasteiger partial charge in [0.2, 0.25) is 0 Å². The van der Waals surface area contributed by atoms with E-state index in [-0.39, 0.29) is 5.91 Å². The number of amides is 1. The van der Waals surface area contributed by atoms with Crippen LogP contribution in [0.4, 0.5) is 11.5 Å². The number of furan rings is 1. The minimum absolute atomic E-state index is 0.273. The third-order valence-corrected chi connectivity index (χ3v) is 8.00. The van der Waals surface area contributed by atoms with Crippen LogP contribution in [0.1, 0.15) is 37.8 Å². The molecule has 2 aromatic heterocycles. The van der Waals surface area contributed by atoms with Crippen LogP contribution in [-0.2, 0) is 14.5 Å². The first-order valence-electron chi connectivity index (χ1n) is 10.3. The van der Waals surface area contributed by atoms with Gasteiger partial charge in [-0.15, -0.1) is 0 Å². The molecule has 0 radical (unpaired) electrons. The summed E-state index contributed by atoms with van der Waals surface area (Å²) in [6.07, 6.45) is 5.46. The Kier molecular flexibility index (Phi) is 5.77. The molecule has 32 heavy (non-hydrogen) atoms. The van der Waals surface area contributed by atoms with Gasteiger partial charge in [-0.2, -0.15) is 0 Å². The standard InChI is InChI=1S/C23H24N3O5P/c1-3-23(4-2,32(28,29)30)16-7-9-17(10-8-16)24-14-19-18-12-15(20-6-5-11-31-20)13-25-21(18)26-22(19)27/h5-14,24H,3-4H2,1-2H3,(H,25,26,27)(H2,28,29,30). The molecule has 8 nitrogen and oxygen atoms in total. The highest BCUT2D eigenvalue weighted by atomic mass is 31.2. The second kappa shape index (κ2) is 8.39. The number of carbonyl (C=O) groups is 1. The van der Waals surface area contributed by atoms with Crippen molar-refractivity contribution in [2.75, 3.05) is 10.6 Å². The van der Waals surface area contributed by atoms with Crippen molar-refractivity contribution in [2.45, 2.75) is 31.8 Å². The van der Waals surface area contributed by atoms with E-state index in [9.17, 15) is 19.1 Å². The number of nitrogens with zero attached hydrogens (tertiary/aromatic N) is 1. The summed E-state index contributed by atoms with van der Waals surface area (Å²) in [6, 6.07) is 12.4. The Morgan fingerprint density at radius 2 is 1.91 bits per heavy atom. The molecule has 0 atom stereocenters. The van der Waals surface area contributed by atoms with E-state index in [1.165, 1.54) is 0 Å². The molecular weight excluding hydrogens is 429 g/mol. The number of aromatic nitrogens is 1. The van der Waals surface area contributed by atoms with Gasteiger partial charge >= 0.3 is 7.60 Å². The second-order valence-electron chi connectivity index (χ2n) is 7.61. The lowest BCUT2D eigenvalue weighted by Crippen LogP contribution is -2.24. The van der Waals surface area contributed by atoms with Crippen molar-refractivity contribution >= 4 is 30.6 Å². The molecule has 166 valence electrons. The minimum atomic E-state index is -4.35. The second-order valence-corrected chi connectivity index (χ2v) is 9.56. The van der Waals surface area contributed by atoms with Crippen LogP contribution in [0.3, 0.4) is 0 Å². The molecule has 1 aliphatic rings. The van der Waals surface area contributed by atoms with Crippen molar-refractivity contribution in [3.63, 3.8) is 0 Å². The zero-order chi connectivity index (χ0) is 22.9. The van der Waals surface area contributed by atoms with Crippen molar-refractivity contribution in [2.24, 2.45) is 0 Å². The number of nitrogens with one attached hydrogen (secondary N) is 2. The fourth-order valence-electron chi connectivity index (χ4n) is 4.06. The first kappa shape index (κ1) is 22.0. The Morgan fingerprint density at radius 1 is 1.19 bits per heavy atom. The molecule has 9 heteroatoms. The highest BCUT2D eigenvalue weighted by molar-refractivity contribution is 7.53. The number of pyridine rings is 1. The van der Waals surface area contributed by atoms with Crippen LogP contribution in [0, 0.1) is 0 Å². The lowest BCUT2D eigenvalue weighted by atomic mass is 9.92. The first-order valence-corrected chi connectivity index (χ1v) is 11.9. The minimum Gasteiger partial charge on any atom is -0.464 e. The Balaban J connectivity index is 1.60. The molecule has 4 N–H and O–H groups in total. The summed E-state index contributed by atoms with van der Waals surface area (Å²) < 4.78 is 17.6. The van der Waals surface area contributed by atoms with E-state index in [1.54, 1.807) is 62.8 Å². The fourth-order valence-corrected chi connectivity index (χ4v) is 5.37. The first-order chi connectivity index (χ1) is 15.3. The average Bonchev–Trinajstić information content (AvgIpc) is 3.40. The van der Waals surface area contributed by atoms with E-state index in [0.717, 1.165) is 5.56 Å². The van der Waals surface area contributed by atoms with Gasteiger partial charge in [0.05, 0.1) is 17.0 Å². The monoisotopic (exact) mass is 453 g/mol. The van der Waals surface area contributed by atoms with Crippen LogP contribution < -0.4 is 10.6 Å². The van der Waals surface area contributed by atoms with Gasteiger partial charge in [0.15, 0.2) is 0 Å². The maximum atomic E-state index is 12.5. The number of benzene rings is 1. The molecule has 0 spiro atoms. The zero-order valence-electron chi connectivity index (χ0n) is 17.7. The van der Waals surface area contributed by atoms with Gasteiger partial charge in [0.1, 0.15) is 11.6 Å². The normalized spacial score (nSPS) is 15.0. The zero-order valence-corrected chi connectivity index (χ0v) is 18.6. The average molecular weight is 453 g/mol. The summed E-state index contributed by atoms with van der Waals surface area (Å²) >= 11 is 0. The summed E-state index contributed by atoms with van der Waals surface area (Å²) in [5, 5.41) is 4.63. The van der Waals surface area contributed by atoms with Gasteiger partial charge in [-0.3, -0.25) is 9.36 Å².